The third kappa shape index (κ3) is 3.33. The summed E-state index contributed by atoms with van der Waals surface area (Å²) in [4.78, 5) is 40.6. The van der Waals surface area contributed by atoms with E-state index in [-0.39, 0.29) is 12.3 Å². The molecule has 1 fully saturated rings. The molecule has 1 saturated heterocycles. The predicted molar refractivity (Wildman–Crippen MR) is 116 cm³/mol. The smallest absolute Gasteiger partial charge is 0.355 e. The van der Waals surface area contributed by atoms with Crippen molar-refractivity contribution in [2.75, 3.05) is 23.6 Å². The van der Waals surface area contributed by atoms with Gasteiger partial charge in [-0.15, -0.1) is 0 Å². The molecule has 2 amide bonds. The lowest BCUT2D eigenvalue weighted by atomic mass is 9.97. The Balaban J connectivity index is 1.82. The number of imide groups is 1. The van der Waals surface area contributed by atoms with Gasteiger partial charge in [-0.05, 0) is 43.7 Å². The van der Waals surface area contributed by atoms with Gasteiger partial charge in [-0.2, -0.15) is 5.10 Å². The number of hydrazone groups is 1. The molecular weight excluding hydrogens is 422 g/mol. The fourth-order valence-electron chi connectivity index (χ4n) is 3.83. The van der Waals surface area contributed by atoms with E-state index >= 15 is 0 Å². The lowest BCUT2D eigenvalue weighted by Crippen LogP contribution is -2.39. The molecule has 8 nitrogen and oxygen atoms in total. The molecule has 0 bridgehead atoms. The topological polar surface area (TPSA) is 88.5 Å². The van der Waals surface area contributed by atoms with Gasteiger partial charge in [0, 0.05) is 11.1 Å². The average molecular weight is 442 g/mol. The standard InChI is InChI=1S/C22H20ClN3O5/c1-4-31-22(29)18-17-19(26(24-18)13-7-5-8-14(11-13)30-3)21(28)25(20(17)27)16-10-6-9-15(23)12(16)2/h5-11,17,19H,4H2,1-3H3/t17-,19+/m1/s1. The van der Waals surface area contributed by atoms with E-state index < -0.39 is 29.7 Å². The number of benzene rings is 2. The van der Waals surface area contributed by atoms with Crippen LogP contribution in [0.3, 0.4) is 0 Å². The summed E-state index contributed by atoms with van der Waals surface area (Å²) in [5.41, 5.74) is 1.38. The van der Waals surface area contributed by atoms with Gasteiger partial charge in [-0.3, -0.25) is 14.6 Å². The Kier molecular flexibility index (Phi) is 5.41. The van der Waals surface area contributed by atoms with Crippen LogP contribution in [0.2, 0.25) is 5.02 Å². The van der Waals surface area contributed by atoms with E-state index in [1.165, 1.54) is 12.1 Å². The lowest BCUT2D eigenvalue weighted by Gasteiger charge is -2.23. The summed E-state index contributed by atoms with van der Waals surface area (Å²) in [6, 6.07) is 10.9. The van der Waals surface area contributed by atoms with E-state index in [9.17, 15) is 14.4 Å². The molecule has 31 heavy (non-hydrogen) atoms. The third-order valence-electron chi connectivity index (χ3n) is 5.33. The Bertz CT molecular complexity index is 1120. The summed E-state index contributed by atoms with van der Waals surface area (Å²) in [6.45, 7) is 3.51. The second-order valence-corrected chi connectivity index (χ2v) is 7.48. The van der Waals surface area contributed by atoms with Crippen molar-refractivity contribution in [1.29, 1.82) is 0 Å². The van der Waals surface area contributed by atoms with Crippen LogP contribution in [0.5, 0.6) is 5.75 Å². The maximum atomic E-state index is 13.5. The van der Waals surface area contributed by atoms with Crippen LogP contribution in [-0.4, -0.2) is 43.3 Å². The van der Waals surface area contributed by atoms with E-state index in [4.69, 9.17) is 21.1 Å². The summed E-state index contributed by atoms with van der Waals surface area (Å²) in [5, 5.41) is 6.15. The minimum atomic E-state index is -1.09. The van der Waals surface area contributed by atoms with Gasteiger partial charge in [0.05, 0.1) is 25.1 Å². The molecule has 0 aliphatic carbocycles. The Morgan fingerprint density at radius 3 is 2.61 bits per heavy atom. The number of halogens is 1. The number of carbonyl (C=O) groups is 3. The van der Waals surface area contributed by atoms with Crippen molar-refractivity contribution >= 4 is 46.5 Å². The number of esters is 1. The molecule has 2 aromatic rings. The van der Waals surface area contributed by atoms with Crippen molar-refractivity contribution < 1.29 is 23.9 Å². The monoisotopic (exact) mass is 441 g/mol. The van der Waals surface area contributed by atoms with Gasteiger partial charge in [-0.1, -0.05) is 23.7 Å². The Labute approximate surface area is 184 Å². The van der Waals surface area contributed by atoms with E-state index in [2.05, 4.69) is 5.10 Å². The fourth-order valence-corrected chi connectivity index (χ4v) is 4.00. The molecule has 160 valence electrons. The SMILES string of the molecule is CCOC(=O)C1=NN(c2cccc(OC)c2)[C@@H]2C(=O)N(c3cccc(Cl)c3C)C(=O)[C@H]12. The highest BCUT2D eigenvalue weighted by Crippen LogP contribution is 2.40. The molecule has 0 N–H and O–H groups in total. The van der Waals surface area contributed by atoms with Crippen LogP contribution < -0.4 is 14.6 Å². The lowest BCUT2D eigenvalue weighted by molar-refractivity contribution is -0.136. The highest BCUT2D eigenvalue weighted by atomic mass is 35.5. The molecule has 2 atom stereocenters. The first-order valence-electron chi connectivity index (χ1n) is 9.70. The maximum absolute atomic E-state index is 13.5. The molecule has 0 saturated carbocycles. The first-order chi connectivity index (χ1) is 14.9. The van der Waals surface area contributed by atoms with Crippen molar-refractivity contribution in [2.45, 2.75) is 19.9 Å². The zero-order chi connectivity index (χ0) is 22.3. The second kappa shape index (κ2) is 8.03. The minimum absolute atomic E-state index is 0.102. The average Bonchev–Trinajstić information content (AvgIpc) is 3.28. The minimum Gasteiger partial charge on any atom is -0.497 e. The molecule has 0 spiro atoms. The zero-order valence-corrected chi connectivity index (χ0v) is 17.9. The fraction of sp³-hybridized carbons (Fsp3) is 0.273. The number of anilines is 2. The summed E-state index contributed by atoms with van der Waals surface area (Å²) >= 11 is 6.22. The summed E-state index contributed by atoms with van der Waals surface area (Å²) in [5.74, 6) is -2.30. The quantitative estimate of drug-likeness (QED) is 0.523. The molecule has 2 aromatic carbocycles. The van der Waals surface area contributed by atoms with Crippen molar-refractivity contribution in [3.8, 4) is 5.75 Å². The molecule has 0 aromatic heterocycles. The Hall–Kier alpha value is -3.39. The summed E-state index contributed by atoms with van der Waals surface area (Å²) < 4.78 is 10.4. The zero-order valence-electron chi connectivity index (χ0n) is 17.2. The van der Waals surface area contributed by atoms with E-state index in [1.807, 2.05) is 0 Å². The van der Waals surface area contributed by atoms with Crippen LogP contribution in [0, 0.1) is 12.8 Å². The van der Waals surface area contributed by atoms with Gasteiger partial charge in [-0.25, -0.2) is 9.69 Å². The van der Waals surface area contributed by atoms with Gasteiger partial charge < -0.3 is 9.47 Å². The van der Waals surface area contributed by atoms with Gasteiger partial charge in [0.15, 0.2) is 5.71 Å². The van der Waals surface area contributed by atoms with Crippen LogP contribution in [-0.2, 0) is 19.1 Å². The molecular formula is C22H20ClN3O5. The summed E-state index contributed by atoms with van der Waals surface area (Å²) in [7, 11) is 1.52. The largest absolute Gasteiger partial charge is 0.497 e. The highest BCUT2D eigenvalue weighted by Gasteiger charge is 2.59. The maximum Gasteiger partial charge on any atom is 0.355 e. The number of hydrogen-bond donors (Lipinski definition) is 0. The number of rotatable bonds is 5. The van der Waals surface area contributed by atoms with E-state index in [0.29, 0.717) is 27.7 Å². The first kappa shape index (κ1) is 20.9. The van der Waals surface area contributed by atoms with Crippen LogP contribution >= 0.6 is 11.6 Å². The van der Waals surface area contributed by atoms with E-state index in [1.54, 1.807) is 56.3 Å². The highest BCUT2D eigenvalue weighted by molar-refractivity contribution is 6.47. The van der Waals surface area contributed by atoms with Crippen molar-refractivity contribution in [2.24, 2.45) is 11.0 Å². The molecule has 0 radical (unpaired) electrons. The van der Waals surface area contributed by atoms with Crippen LogP contribution in [0.15, 0.2) is 47.6 Å². The second-order valence-electron chi connectivity index (χ2n) is 7.07. The number of hydrogen-bond acceptors (Lipinski definition) is 7. The molecule has 0 unspecified atom stereocenters. The molecule has 9 heteroatoms. The molecule has 4 rings (SSSR count). The van der Waals surface area contributed by atoms with Crippen LogP contribution in [0.4, 0.5) is 11.4 Å². The normalized spacial score (nSPS) is 20.1. The van der Waals surface area contributed by atoms with Crippen LogP contribution in [0.1, 0.15) is 12.5 Å². The van der Waals surface area contributed by atoms with Crippen LogP contribution in [0.25, 0.3) is 0 Å². The van der Waals surface area contributed by atoms with Gasteiger partial charge in [0.2, 0.25) is 5.91 Å². The van der Waals surface area contributed by atoms with Crippen molar-refractivity contribution in [1.82, 2.24) is 0 Å². The number of amides is 2. The van der Waals surface area contributed by atoms with Gasteiger partial charge >= 0.3 is 5.97 Å². The van der Waals surface area contributed by atoms with Gasteiger partial charge in [0.25, 0.3) is 5.91 Å². The molecule has 2 aliphatic heterocycles. The summed E-state index contributed by atoms with van der Waals surface area (Å²) in [6.07, 6.45) is 0. The molecule has 2 aliphatic rings. The van der Waals surface area contributed by atoms with Gasteiger partial charge in [0.1, 0.15) is 17.7 Å². The van der Waals surface area contributed by atoms with Crippen molar-refractivity contribution in [3.63, 3.8) is 0 Å². The number of ether oxygens (including phenoxy) is 2. The number of carbonyl (C=O) groups excluding carboxylic acids is 3. The third-order valence-corrected chi connectivity index (χ3v) is 5.74. The number of nitrogens with zero attached hydrogens (tertiary/aromatic N) is 3. The van der Waals surface area contributed by atoms with E-state index in [0.717, 1.165) is 4.90 Å². The molecule has 2 heterocycles. The Morgan fingerprint density at radius 2 is 1.90 bits per heavy atom. The predicted octanol–water partition coefficient (Wildman–Crippen LogP) is 2.95. The Morgan fingerprint density at radius 1 is 1.16 bits per heavy atom. The number of methoxy groups -OCH3 is 1. The first-order valence-corrected chi connectivity index (χ1v) is 10.1. The van der Waals surface area contributed by atoms with Crippen molar-refractivity contribution in [3.05, 3.63) is 53.1 Å². The number of fused-ring (bicyclic) bond motifs is 1.